The fourth-order valence-electron chi connectivity index (χ4n) is 1.28. The van der Waals surface area contributed by atoms with Crippen molar-refractivity contribution in [3.8, 4) is 0 Å². The molecule has 74 valence electrons. The van der Waals surface area contributed by atoms with E-state index in [1.54, 1.807) is 18.5 Å². The van der Waals surface area contributed by atoms with Crippen LogP contribution < -0.4 is 0 Å². The zero-order valence-corrected chi connectivity index (χ0v) is 7.89. The van der Waals surface area contributed by atoms with Gasteiger partial charge in [0.15, 0.2) is 0 Å². The molecule has 1 heterocycles. The number of carboxylic acid groups (broad SMARTS) is 1. The van der Waals surface area contributed by atoms with E-state index in [2.05, 4.69) is 11.6 Å². The Morgan fingerprint density at radius 1 is 1.71 bits per heavy atom. The molecule has 0 aliphatic rings. The molecule has 1 rings (SSSR count). The number of rotatable bonds is 5. The molecule has 0 saturated carbocycles. The normalized spacial score (nSPS) is 12.0. The molecule has 1 atom stereocenters. The summed E-state index contributed by atoms with van der Waals surface area (Å²) in [5.74, 6) is -1.18. The maximum absolute atomic E-state index is 10.8. The SMILES string of the molecule is C=CCC(Cc1cccnc1)C(=O)O. The van der Waals surface area contributed by atoms with Crippen molar-refractivity contribution in [2.24, 2.45) is 5.92 Å². The molecule has 3 nitrogen and oxygen atoms in total. The summed E-state index contributed by atoms with van der Waals surface area (Å²) in [6.07, 6.45) is 6.00. The van der Waals surface area contributed by atoms with Gasteiger partial charge in [-0.1, -0.05) is 12.1 Å². The lowest BCUT2D eigenvalue weighted by Gasteiger charge is -2.08. The molecule has 1 aromatic heterocycles. The summed E-state index contributed by atoms with van der Waals surface area (Å²) in [6, 6.07) is 3.69. The first-order valence-corrected chi connectivity index (χ1v) is 4.46. The number of aliphatic carboxylic acids is 1. The van der Waals surface area contributed by atoms with Gasteiger partial charge in [-0.25, -0.2) is 0 Å². The zero-order chi connectivity index (χ0) is 10.4. The third kappa shape index (κ3) is 3.01. The smallest absolute Gasteiger partial charge is 0.307 e. The first-order chi connectivity index (χ1) is 6.74. The Labute approximate surface area is 83.1 Å². The Hall–Kier alpha value is -1.64. The van der Waals surface area contributed by atoms with Crippen LogP contribution in [0, 0.1) is 5.92 Å². The number of nitrogens with zero attached hydrogens (tertiary/aromatic N) is 1. The molecule has 0 spiro atoms. The van der Waals surface area contributed by atoms with E-state index < -0.39 is 11.9 Å². The highest BCUT2D eigenvalue weighted by atomic mass is 16.4. The second-order valence-corrected chi connectivity index (χ2v) is 3.12. The van der Waals surface area contributed by atoms with E-state index in [0.29, 0.717) is 12.8 Å². The van der Waals surface area contributed by atoms with Gasteiger partial charge in [-0.3, -0.25) is 9.78 Å². The lowest BCUT2D eigenvalue weighted by Crippen LogP contribution is -2.15. The third-order valence-electron chi connectivity index (χ3n) is 2.01. The minimum Gasteiger partial charge on any atom is -0.481 e. The average Bonchev–Trinajstić information content (AvgIpc) is 2.18. The molecular weight excluding hydrogens is 178 g/mol. The highest BCUT2D eigenvalue weighted by Crippen LogP contribution is 2.12. The van der Waals surface area contributed by atoms with Crippen molar-refractivity contribution < 1.29 is 9.90 Å². The lowest BCUT2D eigenvalue weighted by molar-refractivity contribution is -0.141. The minimum absolute atomic E-state index is 0.392. The van der Waals surface area contributed by atoms with Crippen LogP contribution in [0.25, 0.3) is 0 Å². The molecule has 14 heavy (non-hydrogen) atoms. The van der Waals surface area contributed by atoms with E-state index >= 15 is 0 Å². The summed E-state index contributed by atoms with van der Waals surface area (Å²) >= 11 is 0. The van der Waals surface area contributed by atoms with Gasteiger partial charge in [0.1, 0.15) is 0 Å². The van der Waals surface area contributed by atoms with Crippen LogP contribution in [0.1, 0.15) is 12.0 Å². The van der Waals surface area contributed by atoms with Gasteiger partial charge in [-0.2, -0.15) is 0 Å². The number of carbonyl (C=O) groups is 1. The van der Waals surface area contributed by atoms with Gasteiger partial charge in [0.25, 0.3) is 0 Å². The molecule has 0 aromatic carbocycles. The summed E-state index contributed by atoms with van der Waals surface area (Å²) in [4.78, 5) is 14.8. The van der Waals surface area contributed by atoms with Gasteiger partial charge >= 0.3 is 5.97 Å². The van der Waals surface area contributed by atoms with Gasteiger partial charge in [0, 0.05) is 12.4 Å². The van der Waals surface area contributed by atoms with Crippen LogP contribution in [0.2, 0.25) is 0 Å². The highest BCUT2D eigenvalue weighted by Gasteiger charge is 2.15. The van der Waals surface area contributed by atoms with Crippen molar-refractivity contribution in [2.75, 3.05) is 0 Å². The van der Waals surface area contributed by atoms with Crippen molar-refractivity contribution in [2.45, 2.75) is 12.8 Å². The van der Waals surface area contributed by atoms with Crippen LogP contribution >= 0.6 is 0 Å². The van der Waals surface area contributed by atoms with E-state index in [-0.39, 0.29) is 0 Å². The van der Waals surface area contributed by atoms with Crippen LogP contribution in [-0.4, -0.2) is 16.1 Å². The Balaban J connectivity index is 2.64. The average molecular weight is 191 g/mol. The topological polar surface area (TPSA) is 50.2 Å². The second kappa shape index (κ2) is 5.17. The molecule has 3 heteroatoms. The molecule has 1 unspecified atom stereocenters. The lowest BCUT2D eigenvalue weighted by atomic mass is 9.97. The molecule has 0 radical (unpaired) electrons. The number of carboxylic acids is 1. The monoisotopic (exact) mass is 191 g/mol. The molecule has 0 bridgehead atoms. The Morgan fingerprint density at radius 3 is 3.00 bits per heavy atom. The van der Waals surface area contributed by atoms with E-state index in [4.69, 9.17) is 5.11 Å². The van der Waals surface area contributed by atoms with Gasteiger partial charge in [0.2, 0.25) is 0 Å². The highest BCUT2D eigenvalue weighted by molar-refractivity contribution is 5.70. The first kappa shape index (κ1) is 10.4. The van der Waals surface area contributed by atoms with E-state index in [1.807, 2.05) is 12.1 Å². The largest absolute Gasteiger partial charge is 0.481 e. The first-order valence-electron chi connectivity index (χ1n) is 4.46. The summed E-state index contributed by atoms with van der Waals surface area (Å²) in [6.45, 7) is 3.55. The number of hydrogen-bond donors (Lipinski definition) is 1. The van der Waals surface area contributed by atoms with Gasteiger partial charge in [-0.05, 0) is 24.5 Å². The molecule has 0 amide bonds. The Morgan fingerprint density at radius 2 is 2.50 bits per heavy atom. The van der Waals surface area contributed by atoms with E-state index in [0.717, 1.165) is 5.56 Å². The zero-order valence-electron chi connectivity index (χ0n) is 7.89. The second-order valence-electron chi connectivity index (χ2n) is 3.12. The number of pyridine rings is 1. The van der Waals surface area contributed by atoms with Gasteiger partial charge < -0.3 is 5.11 Å². The van der Waals surface area contributed by atoms with E-state index in [1.165, 1.54) is 0 Å². The number of hydrogen-bond acceptors (Lipinski definition) is 2. The molecule has 0 aliphatic heterocycles. The quantitative estimate of drug-likeness (QED) is 0.723. The molecule has 0 fully saturated rings. The Kier molecular flexibility index (Phi) is 3.85. The van der Waals surface area contributed by atoms with Gasteiger partial charge in [-0.15, -0.1) is 6.58 Å². The van der Waals surface area contributed by atoms with Gasteiger partial charge in [0.05, 0.1) is 5.92 Å². The molecule has 0 aliphatic carbocycles. The molecule has 0 saturated heterocycles. The van der Waals surface area contributed by atoms with Crippen molar-refractivity contribution in [1.29, 1.82) is 0 Å². The number of aromatic nitrogens is 1. The van der Waals surface area contributed by atoms with Crippen LogP contribution in [0.15, 0.2) is 37.2 Å². The van der Waals surface area contributed by atoms with Crippen LogP contribution in [-0.2, 0) is 11.2 Å². The minimum atomic E-state index is -0.784. The summed E-state index contributed by atoms with van der Waals surface area (Å²) in [5, 5.41) is 8.90. The van der Waals surface area contributed by atoms with Crippen molar-refractivity contribution >= 4 is 5.97 Å². The van der Waals surface area contributed by atoms with Crippen molar-refractivity contribution in [3.63, 3.8) is 0 Å². The maximum Gasteiger partial charge on any atom is 0.307 e. The van der Waals surface area contributed by atoms with Crippen molar-refractivity contribution in [3.05, 3.63) is 42.7 Å². The standard InChI is InChI=1S/C11H13NO2/c1-2-4-10(11(13)14)7-9-5-3-6-12-8-9/h2-3,5-6,8,10H,1,4,7H2,(H,13,14). The van der Waals surface area contributed by atoms with Crippen LogP contribution in [0.4, 0.5) is 0 Å². The summed E-state index contributed by atoms with van der Waals surface area (Å²) in [5.41, 5.74) is 0.946. The third-order valence-corrected chi connectivity index (χ3v) is 2.01. The van der Waals surface area contributed by atoms with Crippen LogP contribution in [0.3, 0.4) is 0 Å². The van der Waals surface area contributed by atoms with E-state index in [9.17, 15) is 4.79 Å². The van der Waals surface area contributed by atoms with Crippen LogP contribution in [0.5, 0.6) is 0 Å². The molecule has 1 N–H and O–H groups in total. The summed E-state index contributed by atoms with van der Waals surface area (Å²) in [7, 11) is 0. The maximum atomic E-state index is 10.8. The summed E-state index contributed by atoms with van der Waals surface area (Å²) < 4.78 is 0. The molecular formula is C11H13NO2. The predicted molar refractivity (Wildman–Crippen MR) is 53.9 cm³/mol. The number of allylic oxidation sites excluding steroid dienone is 1. The predicted octanol–water partition coefficient (Wildman–Crippen LogP) is 1.90. The fourth-order valence-corrected chi connectivity index (χ4v) is 1.28. The molecule has 1 aromatic rings. The fraction of sp³-hybridized carbons (Fsp3) is 0.273. The van der Waals surface area contributed by atoms with Crippen molar-refractivity contribution in [1.82, 2.24) is 4.98 Å². The Bertz CT molecular complexity index is 308.